The van der Waals surface area contributed by atoms with Crippen LogP contribution in [0.1, 0.15) is 22.8 Å². The molecule has 0 unspecified atom stereocenters. The summed E-state index contributed by atoms with van der Waals surface area (Å²) in [4.78, 5) is 25.7. The van der Waals surface area contributed by atoms with E-state index in [0.717, 1.165) is 19.5 Å². The lowest BCUT2D eigenvalue weighted by atomic mass is 10.1. The van der Waals surface area contributed by atoms with Crippen molar-refractivity contribution in [2.24, 2.45) is 0 Å². The van der Waals surface area contributed by atoms with Crippen molar-refractivity contribution in [2.75, 3.05) is 26.2 Å². The normalized spacial score (nSPS) is 15.5. The number of hydrogen-bond acceptors (Lipinski definition) is 3. The van der Waals surface area contributed by atoms with Crippen LogP contribution < -0.4 is 5.32 Å². The molecular formula is C14H18N2O2. The third-order valence-electron chi connectivity index (χ3n) is 3.22. The molecule has 0 atom stereocenters. The first-order chi connectivity index (χ1) is 8.72. The van der Waals surface area contributed by atoms with Gasteiger partial charge in [-0.3, -0.25) is 9.59 Å². The van der Waals surface area contributed by atoms with Gasteiger partial charge in [0.15, 0.2) is 0 Å². The van der Waals surface area contributed by atoms with E-state index in [9.17, 15) is 9.59 Å². The monoisotopic (exact) mass is 246 g/mol. The molecule has 1 fully saturated rings. The molecule has 1 aliphatic heterocycles. The van der Waals surface area contributed by atoms with Gasteiger partial charge in [-0.1, -0.05) is 31.2 Å². The highest BCUT2D eigenvalue weighted by Crippen LogP contribution is 2.08. The molecule has 0 spiro atoms. The minimum atomic E-state index is -0.403. The van der Waals surface area contributed by atoms with E-state index in [1.165, 1.54) is 5.56 Å². The van der Waals surface area contributed by atoms with Crippen molar-refractivity contribution >= 4 is 11.7 Å². The molecule has 0 radical (unpaired) electrons. The fourth-order valence-electron chi connectivity index (χ4n) is 2.03. The first-order valence-corrected chi connectivity index (χ1v) is 6.35. The Morgan fingerprint density at radius 3 is 2.33 bits per heavy atom. The molecule has 0 saturated carbocycles. The van der Waals surface area contributed by atoms with Crippen molar-refractivity contribution < 1.29 is 9.59 Å². The molecule has 4 nitrogen and oxygen atoms in total. The average molecular weight is 246 g/mol. The number of ketones is 1. The summed E-state index contributed by atoms with van der Waals surface area (Å²) in [5, 5.41) is 3.16. The summed E-state index contributed by atoms with van der Waals surface area (Å²) in [6.45, 7) is 4.79. The standard InChI is InChI=1S/C14H18N2O2/c1-2-11-3-5-12(6-4-11)13(17)14(18)16-9-7-15-8-10-16/h3-6,15H,2,7-10H2,1H3. The summed E-state index contributed by atoms with van der Waals surface area (Å²) < 4.78 is 0. The maximum Gasteiger partial charge on any atom is 0.295 e. The number of rotatable bonds is 3. The number of amides is 1. The molecule has 1 aromatic rings. The first-order valence-electron chi connectivity index (χ1n) is 6.35. The number of nitrogens with one attached hydrogen (secondary N) is 1. The molecule has 1 amide bonds. The van der Waals surface area contributed by atoms with Crippen LogP contribution in [0.25, 0.3) is 0 Å². The van der Waals surface area contributed by atoms with Crippen molar-refractivity contribution in [3.63, 3.8) is 0 Å². The van der Waals surface area contributed by atoms with E-state index in [4.69, 9.17) is 0 Å². The number of carbonyl (C=O) groups is 2. The average Bonchev–Trinajstić information content (AvgIpc) is 2.47. The van der Waals surface area contributed by atoms with Gasteiger partial charge in [0.05, 0.1) is 0 Å². The van der Waals surface area contributed by atoms with Crippen LogP contribution in [0.2, 0.25) is 0 Å². The molecule has 18 heavy (non-hydrogen) atoms. The molecule has 0 aromatic heterocycles. The van der Waals surface area contributed by atoms with Gasteiger partial charge < -0.3 is 10.2 Å². The second kappa shape index (κ2) is 5.78. The molecule has 1 aliphatic rings. The zero-order valence-electron chi connectivity index (χ0n) is 10.6. The van der Waals surface area contributed by atoms with Crippen LogP contribution in [0.5, 0.6) is 0 Å². The molecule has 0 aliphatic carbocycles. The van der Waals surface area contributed by atoms with Gasteiger partial charge in [0.2, 0.25) is 5.78 Å². The summed E-state index contributed by atoms with van der Waals surface area (Å²) in [7, 11) is 0. The predicted molar refractivity (Wildman–Crippen MR) is 69.6 cm³/mol. The van der Waals surface area contributed by atoms with Gasteiger partial charge in [-0.2, -0.15) is 0 Å². The van der Waals surface area contributed by atoms with Gasteiger partial charge in [-0.25, -0.2) is 0 Å². The molecule has 0 bridgehead atoms. The number of benzene rings is 1. The Kier molecular flexibility index (Phi) is 4.10. The number of hydrogen-bond donors (Lipinski definition) is 1. The lowest BCUT2D eigenvalue weighted by Crippen LogP contribution is -2.48. The Balaban J connectivity index is 2.07. The van der Waals surface area contributed by atoms with Crippen molar-refractivity contribution in [3.05, 3.63) is 35.4 Å². The van der Waals surface area contributed by atoms with Crippen LogP contribution in [0.3, 0.4) is 0 Å². The van der Waals surface area contributed by atoms with Gasteiger partial charge in [0.25, 0.3) is 5.91 Å². The van der Waals surface area contributed by atoms with Crippen molar-refractivity contribution in [1.29, 1.82) is 0 Å². The number of Topliss-reactive ketones (excluding diaryl/α,β-unsaturated/α-hetero) is 1. The zero-order valence-corrected chi connectivity index (χ0v) is 10.6. The van der Waals surface area contributed by atoms with E-state index in [1.54, 1.807) is 17.0 Å². The summed E-state index contributed by atoms with van der Waals surface area (Å²) in [5.74, 6) is -0.791. The van der Waals surface area contributed by atoms with E-state index >= 15 is 0 Å². The maximum atomic E-state index is 12.0. The summed E-state index contributed by atoms with van der Waals surface area (Å²) in [6.07, 6.45) is 0.931. The molecule has 4 heteroatoms. The number of piperazine rings is 1. The van der Waals surface area contributed by atoms with Crippen molar-refractivity contribution in [2.45, 2.75) is 13.3 Å². The third-order valence-corrected chi connectivity index (χ3v) is 3.22. The highest BCUT2D eigenvalue weighted by molar-refractivity contribution is 6.42. The van der Waals surface area contributed by atoms with E-state index in [-0.39, 0.29) is 5.91 Å². The Labute approximate surface area is 107 Å². The van der Waals surface area contributed by atoms with Crippen LogP contribution in [-0.2, 0) is 11.2 Å². The summed E-state index contributed by atoms with van der Waals surface area (Å²) in [6, 6.07) is 7.28. The Bertz CT molecular complexity index is 434. The molecule has 2 rings (SSSR count). The van der Waals surface area contributed by atoms with Gasteiger partial charge in [0.1, 0.15) is 0 Å². The van der Waals surface area contributed by atoms with Crippen molar-refractivity contribution in [3.8, 4) is 0 Å². The predicted octanol–water partition coefficient (Wildman–Crippen LogP) is 0.863. The molecule has 1 heterocycles. The van der Waals surface area contributed by atoms with Crippen LogP contribution in [0.15, 0.2) is 24.3 Å². The minimum absolute atomic E-state index is 0.388. The molecule has 1 saturated heterocycles. The Hall–Kier alpha value is -1.68. The van der Waals surface area contributed by atoms with Crippen LogP contribution in [-0.4, -0.2) is 42.8 Å². The highest BCUT2D eigenvalue weighted by atomic mass is 16.2. The topological polar surface area (TPSA) is 49.4 Å². The SMILES string of the molecule is CCc1ccc(C(=O)C(=O)N2CCNCC2)cc1. The third kappa shape index (κ3) is 2.76. The Morgan fingerprint density at radius 1 is 1.17 bits per heavy atom. The highest BCUT2D eigenvalue weighted by Gasteiger charge is 2.24. The van der Waals surface area contributed by atoms with Gasteiger partial charge in [0, 0.05) is 31.7 Å². The number of nitrogens with zero attached hydrogens (tertiary/aromatic N) is 1. The molecular weight excluding hydrogens is 228 g/mol. The lowest BCUT2D eigenvalue weighted by molar-refractivity contribution is -0.126. The van der Waals surface area contributed by atoms with Gasteiger partial charge in [-0.15, -0.1) is 0 Å². The van der Waals surface area contributed by atoms with Crippen molar-refractivity contribution in [1.82, 2.24) is 10.2 Å². The second-order valence-corrected chi connectivity index (χ2v) is 4.42. The lowest BCUT2D eigenvalue weighted by Gasteiger charge is -2.26. The number of aryl methyl sites for hydroxylation is 1. The second-order valence-electron chi connectivity index (χ2n) is 4.42. The zero-order chi connectivity index (χ0) is 13.0. The maximum absolute atomic E-state index is 12.0. The largest absolute Gasteiger partial charge is 0.333 e. The quantitative estimate of drug-likeness (QED) is 0.636. The molecule has 1 N–H and O–H groups in total. The van der Waals surface area contributed by atoms with Gasteiger partial charge >= 0.3 is 0 Å². The van der Waals surface area contributed by atoms with E-state index in [0.29, 0.717) is 18.7 Å². The fraction of sp³-hybridized carbons (Fsp3) is 0.429. The van der Waals surface area contributed by atoms with E-state index in [2.05, 4.69) is 12.2 Å². The van der Waals surface area contributed by atoms with Crippen LogP contribution in [0.4, 0.5) is 0 Å². The molecule has 96 valence electrons. The van der Waals surface area contributed by atoms with Crippen LogP contribution in [0, 0.1) is 0 Å². The van der Waals surface area contributed by atoms with Crippen LogP contribution >= 0.6 is 0 Å². The summed E-state index contributed by atoms with van der Waals surface area (Å²) >= 11 is 0. The first kappa shape index (κ1) is 12.8. The smallest absolute Gasteiger partial charge is 0.295 e. The Morgan fingerprint density at radius 2 is 1.78 bits per heavy atom. The number of carbonyl (C=O) groups excluding carboxylic acids is 2. The molecule has 1 aromatic carbocycles. The van der Waals surface area contributed by atoms with E-state index < -0.39 is 5.78 Å². The van der Waals surface area contributed by atoms with E-state index in [1.807, 2.05) is 12.1 Å². The fourth-order valence-corrected chi connectivity index (χ4v) is 2.03. The van der Waals surface area contributed by atoms with Gasteiger partial charge in [-0.05, 0) is 12.0 Å². The minimum Gasteiger partial charge on any atom is -0.333 e. The summed E-state index contributed by atoms with van der Waals surface area (Å²) in [5.41, 5.74) is 1.65.